The van der Waals surface area contributed by atoms with Crippen LogP contribution in [-0.2, 0) is 14.8 Å². The smallest absolute Gasteiger partial charge is 0.244 e. The van der Waals surface area contributed by atoms with E-state index in [0.29, 0.717) is 12.4 Å². The largest absolute Gasteiger partial charge is 0.377 e. The summed E-state index contributed by atoms with van der Waals surface area (Å²) in [7, 11) is -1.92. The molecule has 1 fully saturated rings. The van der Waals surface area contributed by atoms with Crippen molar-refractivity contribution in [1.29, 1.82) is 0 Å². The molecule has 1 aromatic rings. The number of aromatic nitrogens is 1. The summed E-state index contributed by atoms with van der Waals surface area (Å²) in [6.07, 6.45) is 4.31. The van der Waals surface area contributed by atoms with Crippen molar-refractivity contribution in [1.82, 2.24) is 9.29 Å². The Balaban J connectivity index is 2.03. The molecule has 6 nitrogen and oxygen atoms in total. The fraction of sp³-hybridized carbons (Fsp3) is 0.643. The summed E-state index contributed by atoms with van der Waals surface area (Å²) in [6.45, 7) is 3.99. The molecule has 2 heterocycles. The summed E-state index contributed by atoms with van der Waals surface area (Å²) in [5.74, 6) is 0.692. The summed E-state index contributed by atoms with van der Waals surface area (Å²) < 4.78 is 31.7. The zero-order valence-corrected chi connectivity index (χ0v) is 13.4. The molecule has 1 unspecified atom stereocenters. The molecule has 1 atom stereocenters. The van der Waals surface area contributed by atoms with Gasteiger partial charge in [-0.2, -0.15) is 4.31 Å². The average Bonchev–Trinajstić information content (AvgIpc) is 2.98. The quantitative estimate of drug-likeness (QED) is 0.829. The van der Waals surface area contributed by atoms with Crippen LogP contribution in [0.3, 0.4) is 0 Å². The summed E-state index contributed by atoms with van der Waals surface area (Å²) in [5, 5.41) is 3.12. The zero-order valence-electron chi connectivity index (χ0n) is 12.6. The minimum absolute atomic E-state index is 0.00299. The van der Waals surface area contributed by atoms with Crippen molar-refractivity contribution < 1.29 is 13.2 Å². The first-order valence-electron chi connectivity index (χ1n) is 7.32. The molecular weight excluding hydrogens is 290 g/mol. The molecule has 118 valence electrons. The minimum atomic E-state index is -3.50. The number of nitrogens with one attached hydrogen (secondary N) is 1. The SMILES string of the molecule is CCCNc1ccc(S(=O)(=O)N(C)CC2CCCO2)cn1. The van der Waals surface area contributed by atoms with E-state index >= 15 is 0 Å². The lowest BCUT2D eigenvalue weighted by atomic mass is 10.2. The highest BCUT2D eigenvalue weighted by molar-refractivity contribution is 7.89. The van der Waals surface area contributed by atoms with Gasteiger partial charge in [-0.15, -0.1) is 0 Å². The van der Waals surface area contributed by atoms with Crippen LogP contribution in [0, 0.1) is 0 Å². The number of hydrogen-bond acceptors (Lipinski definition) is 5. The molecule has 1 aliphatic heterocycles. The van der Waals surface area contributed by atoms with Crippen LogP contribution < -0.4 is 5.32 Å². The van der Waals surface area contributed by atoms with Crippen LogP contribution in [-0.4, -0.2) is 50.6 Å². The lowest BCUT2D eigenvalue weighted by Crippen LogP contribution is -2.34. The summed E-state index contributed by atoms with van der Waals surface area (Å²) in [4.78, 5) is 4.36. The molecule has 1 saturated heterocycles. The number of rotatable bonds is 7. The van der Waals surface area contributed by atoms with Gasteiger partial charge in [0.15, 0.2) is 0 Å². The van der Waals surface area contributed by atoms with Gasteiger partial charge in [-0.1, -0.05) is 6.92 Å². The second kappa shape index (κ2) is 7.20. The van der Waals surface area contributed by atoms with Crippen LogP contribution in [0.5, 0.6) is 0 Å². The number of nitrogens with zero attached hydrogens (tertiary/aromatic N) is 2. The van der Waals surface area contributed by atoms with E-state index in [9.17, 15) is 8.42 Å². The van der Waals surface area contributed by atoms with Crippen LogP contribution in [0.4, 0.5) is 5.82 Å². The van der Waals surface area contributed by atoms with Gasteiger partial charge in [-0.25, -0.2) is 13.4 Å². The van der Waals surface area contributed by atoms with Crippen molar-refractivity contribution in [3.8, 4) is 0 Å². The molecule has 0 saturated carbocycles. The maximum atomic E-state index is 12.5. The Morgan fingerprint density at radius 2 is 2.29 bits per heavy atom. The van der Waals surface area contributed by atoms with Crippen LogP contribution in [0.15, 0.2) is 23.2 Å². The normalized spacial score (nSPS) is 19.1. The maximum Gasteiger partial charge on any atom is 0.244 e. The van der Waals surface area contributed by atoms with Crippen LogP contribution in [0.2, 0.25) is 0 Å². The molecular formula is C14H23N3O3S. The number of sulfonamides is 1. The van der Waals surface area contributed by atoms with Crippen molar-refractivity contribution >= 4 is 15.8 Å². The number of anilines is 1. The monoisotopic (exact) mass is 313 g/mol. The molecule has 1 N–H and O–H groups in total. The van der Waals surface area contributed by atoms with Crippen molar-refractivity contribution in [3.05, 3.63) is 18.3 Å². The maximum absolute atomic E-state index is 12.5. The summed E-state index contributed by atoms with van der Waals surface area (Å²) >= 11 is 0. The van der Waals surface area contributed by atoms with Crippen LogP contribution >= 0.6 is 0 Å². The van der Waals surface area contributed by atoms with Gasteiger partial charge in [0.1, 0.15) is 10.7 Å². The Morgan fingerprint density at radius 1 is 1.48 bits per heavy atom. The first kappa shape index (κ1) is 16.2. The van der Waals surface area contributed by atoms with Crippen molar-refractivity contribution in [2.24, 2.45) is 0 Å². The standard InChI is InChI=1S/C14H23N3O3S/c1-3-8-15-14-7-6-13(10-16-14)21(18,19)17(2)11-12-5-4-9-20-12/h6-7,10,12H,3-5,8-9,11H2,1-2H3,(H,15,16). The zero-order chi connectivity index (χ0) is 15.3. The molecule has 0 radical (unpaired) electrons. The van der Waals surface area contributed by atoms with E-state index in [1.165, 1.54) is 10.5 Å². The molecule has 0 aliphatic carbocycles. The van der Waals surface area contributed by atoms with Gasteiger partial charge in [0.25, 0.3) is 0 Å². The third-order valence-corrected chi connectivity index (χ3v) is 5.29. The molecule has 2 rings (SSSR count). The number of hydrogen-bond donors (Lipinski definition) is 1. The lowest BCUT2D eigenvalue weighted by molar-refractivity contribution is 0.0979. The molecule has 7 heteroatoms. The molecule has 0 spiro atoms. The molecule has 0 aromatic carbocycles. The Morgan fingerprint density at radius 3 is 2.86 bits per heavy atom. The fourth-order valence-corrected chi connectivity index (χ4v) is 3.39. The van der Waals surface area contributed by atoms with Gasteiger partial charge in [0.05, 0.1) is 6.10 Å². The van der Waals surface area contributed by atoms with E-state index in [1.807, 2.05) is 0 Å². The van der Waals surface area contributed by atoms with Crippen molar-refractivity contribution in [3.63, 3.8) is 0 Å². The van der Waals surface area contributed by atoms with E-state index in [0.717, 1.165) is 32.4 Å². The van der Waals surface area contributed by atoms with Gasteiger partial charge in [-0.3, -0.25) is 0 Å². The van der Waals surface area contributed by atoms with Crippen LogP contribution in [0.25, 0.3) is 0 Å². The van der Waals surface area contributed by atoms with Crippen molar-refractivity contribution in [2.75, 3.05) is 32.1 Å². The Labute approximate surface area is 126 Å². The lowest BCUT2D eigenvalue weighted by Gasteiger charge is -2.20. The predicted octanol–water partition coefficient (Wildman–Crippen LogP) is 1.70. The van der Waals surface area contributed by atoms with E-state index in [4.69, 9.17) is 4.74 Å². The highest BCUT2D eigenvalue weighted by Gasteiger charge is 2.26. The van der Waals surface area contributed by atoms with E-state index in [-0.39, 0.29) is 11.0 Å². The number of pyridine rings is 1. The van der Waals surface area contributed by atoms with E-state index in [1.54, 1.807) is 19.2 Å². The van der Waals surface area contributed by atoms with Gasteiger partial charge in [0, 0.05) is 32.9 Å². The molecule has 1 aliphatic rings. The Kier molecular flexibility index (Phi) is 5.55. The van der Waals surface area contributed by atoms with Crippen LogP contribution in [0.1, 0.15) is 26.2 Å². The van der Waals surface area contributed by atoms with Gasteiger partial charge in [-0.05, 0) is 31.4 Å². The van der Waals surface area contributed by atoms with Gasteiger partial charge >= 0.3 is 0 Å². The highest BCUT2D eigenvalue weighted by Crippen LogP contribution is 2.19. The molecule has 1 aromatic heterocycles. The first-order valence-corrected chi connectivity index (χ1v) is 8.76. The second-order valence-electron chi connectivity index (χ2n) is 5.23. The highest BCUT2D eigenvalue weighted by atomic mass is 32.2. The van der Waals surface area contributed by atoms with Gasteiger partial charge in [0.2, 0.25) is 10.0 Å². The number of likely N-dealkylation sites (N-methyl/N-ethyl adjacent to an activating group) is 1. The fourth-order valence-electron chi connectivity index (χ4n) is 2.24. The minimum Gasteiger partial charge on any atom is -0.377 e. The third kappa shape index (κ3) is 4.15. The first-order chi connectivity index (χ1) is 10.0. The third-order valence-electron chi connectivity index (χ3n) is 3.49. The topological polar surface area (TPSA) is 71.5 Å². The number of ether oxygens (including phenoxy) is 1. The second-order valence-corrected chi connectivity index (χ2v) is 7.27. The summed E-state index contributed by atoms with van der Waals surface area (Å²) in [6, 6.07) is 3.29. The molecule has 21 heavy (non-hydrogen) atoms. The van der Waals surface area contributed by atoms with Gasteiger partial charge < -0.3 is 10.1 Å². The Hall–Kier alpha value is -1.18. The van der Waals surface area contributed by atoms with Crippen molar-refractivity contribution in [2.45, 2.75) is 37.2 Å². The molecule has 0 amide bonds. The average molecular weight is 313 g/mol. The van der Waals surface area contributed by atoms with E-state index < -0.39 is 10.0 Å². The molecule has 0 bridgehead atoms. The predicted molar refractivity (Wildman–Crippen MR) is 81.8 cm³/mol. The summed E-state index contributed by atoms with van der Waals surface area (Å²) in [5.41, 5.74) is 0. The Bertz CT molecular complexity index is 539. The van der Waals surface area contributed by atoms with E-state index in [2.05, 4.69) is 17.2 Å².